The normalized spacial score (nSPS) is 15.9. The molecule has 8 heteroatoms. The average Bonchev–Trinajstić information content (AvgIpc) is 2.47. The van der Waals surface area contributed by atoms with Gasteiger partial charge in [0.1, 0.15) is 0 Å². The fourth-order valence-corrected chi connectivity index (χ4v) is 3.50. The highest BCUT2D eigenvalue weighted by Gasteiger charge is 2.25. The van der Waals surface area contributed by atoms with E-state index in [1.807, 2.05) is 0 Å². The van der Waals surface area contributed by atoms with Crippen LogP contribution in [0.5, 0.6) is 5.75 Å². The number of hydrogen-bond acceptors (Lipinski definition) is 5. The van der Waals surface area contributed by atoms with Gasteiger partial charge in [0.2, 0.25) is 6.41 Å². The van der Waals surface area contributed by atoms with E-state index in [4.69, 9.17) is 4.74 Å². The fourth-order valence-electron chi connectivity index (χ4n) is 1.73. The van der Waals surface area contributed by atoms with Crippen LogP contribution in [0.4, 0.5) is 5.69 Å². The van der Waals surface area contributed by atoms with Gasteiger partial charge in [-0.15, -0.1) is 0 Å². The Bertz CT molecular complexity index is 650. The average molecular weight is 294 g/mol. The molecule has 0 aromatic heterocycles. The lowest BCUT2D eigenvalue weighted by Crippen LogP contribution is -2.11. The van der Waals surface area contributed by atoms with Crippen molar-refractivity contribution in [3.05, 3.63) is 52.3 Å². The Balaban J connectivity index is 2.44. The molecule has 1 amide bonds. The number of benzene rings is 1. The molecule has 0 fully saturated rings. The molecule has 0 aliphatic carbocycles. The number of ether oxygens (including phenoxy) is 1. The molecule has 0 bridgehead atoms. The molecule has 0 atom stereocenters. The highest BCUT2D eigenvalue weighted by molar-refractivity contribution is 7.77. The number of nitrogens with zero attached hydrogens (tertiary/aromatic N) is 2. The second kappa shape index (κ2) is 5.30. The first-order valence-electron chi connectivity index (χ1n) is 5.54. The molecule has 1 aromatic carbocycles. The summed E-state index contributed by atoms with van der Waals surface area (Å²) in [6.07, 6.45) is 3.36. The lowest BCUT2D eigenvalue weighted by molar-refractivity contribution is -0.385. The van der Waals surface area contributed by atoms with E-state index in [1.54, 1.807) is 0 Å². The van der Waals surface area contributed by atoms with Crippen molar-refractivity contribution in [2.75, 3.05) is 7.11 Å². The summed E-state index contributed by atoms with van der Waals surface area (Å²) in [5, 5.41) is 11.2. The molecule has 7 nitrogen and oxygen atoms in total. The Labute approximate surface area is 114 Å². The predicted octanol–water partition coefficient (Wildman–Crippen LogP) is 2.01. The Morgan fingerprint density at radius 3 is 2.50 bits per heavy atom. The van der Waals surface area contributed by atoms with Crippen LogP contribution in [-0.4, -0.2) is 23.3 Å². The van der Waals surface area contributed by atoms with Gasteiger partial charge < -0.3 is 9.30 Å². The number of rotatable bonds is 4. The van der Waals surface area contributed by atoms with Gasteiger partial charge in [-0.1, -0.05) is 0 Å². The van der Waals surface area contributed by atoms with Crippen LogP contribution in [0, 0.1) is 10.1 Å². The first kappa shape index (κ1) is 14.0. The van der Waals surface area contributed by atoms with Gasteiger partial charge in [-0.3, -0.25) is 19.8 Å². The van der Waals surface area contributed by atoms with Crippen molar-refractivity contribution in [1.29, 1.82) is 0 Å². The molecule has 0 saturated carbocycles. The van der Waals surface area contributed by atoms with Crippen LogP contribution in [0.3, 0.4) is 0 Å². The van der Waals surface area contributed by atoms with E-state index in [9.17, 15) is 19.5 Å². The maximum Gasteiger partial charge on any atom is 0.310 e. The van der Waals surface area contributed by atoms with E-state index >= 15 is 0 Å². The molecule has 0 saturated heterocycles. The van der Waals surface area contributed by atoms with Gasteiger partial charge in [-0.25, -0.2) is 0 Å². The molecular weight excluding hydrogens is 283 g/mol. The summed E-state index contributed by atoms with van der Waals surface area (Å²) >= 11 is 0. The second-order valence-electron chi connectivity index (χ2n) is 3.97. The molecule has 104 valence electrons. The highest BCUT2D eigenvalue weighted by Crippen LogP contribution is 2.50. The van der Waals surface area contributed by atoms with Crippen molar-refractivity contribution in [1.82, 2.24) is 4.90 Å². The van der Waals surface area contributed by atoms with E-state index < -0.39 is 12.1 Å². The number of carbonyl (C=O) groups is 1. The van der Waals surface area contributed by atoms with Crippen molar-refractivity contribution in [2.24, 2.45) is 0 Å². The van der Waals surface area contributed by atoms with E-state index in [0.29, 0.717) is 11.7 Å². The minimum atomic E-state index is -2.97. The minimum Gasteiger partial charge on any atom is -0.490 e. The van der Waals surface area contributed by atoms with Crippen molar-refractivity contribution in [3.63, 3.8) is 0 Å². The quantitative estimate of drug-likeness (QED) is 0.367. The third-order valence-corrected chi connectivity index (χ3v) is 5.04. The van der Waals surface area contributed by atoms with Crippen LogP contribution in [0.25, 0.3) is 0 Å². The van der Waals surface area contributed by atoms with Gasteiger partial charge >= 0.3 is 5.69 Å². The summed E-state index contributed by atoms with van der Waals surface area (Å²) in [6.45, 7) is 0. The van der Waals surface area contributed by atoms with Crippen molar-refractivity contribution >= 4 is 24.5 Å². The van der Waals surface area contributed by atoms with Gasteiger partial charge in [-0.05, 0) is 23.8 Å². The minimum absolute atomic E-state index is 0.0438. The lowest BCUT2D eigenvalue weighted by Gasteiger charge is -2.17. The zero-order valence-electron chi connectivity index (χ0n) is 10.5. The van der Waals surface area contributed by atoms with Gasteiger partial charge in [0.15, 0.2) is 12.9 Å². The Hall–Kier alpha value is -2.40. The summed E-state index contributed by atoms with van der Waals surface area (Å²) in [6, 6.07) is 4.05. The monoisotopic (exact) mass is 294 g/mol. The molecule has 0 spiro atoms. The predicted molar refractivity (Wildman–Crippen MR) is 73.1 cm³/mol. The number of nitro benzene ring substituents is 1. The SMILES string of the molecule is COc1cc(P2(=O)C=CN(C=O)C=C2)ccc1[N+](=O)[O-]. The largest absolute Gasteiger partial charge is 0.490 e. The van der Waals surface area contributed by atoms with E-state index in [0.717, 1.165) is 0 Å². The van der Waals surface area contributed by atoms with E-state index in [2.05, 4.69) is 0 Å². The fraction of sp³-hybridized carbons (Fsp3) is 0.0833. The van der Waals surface area contributed by atoms with Crippen LogP contribution >= 0.6 is 7.14 Å². The number of carbonyl (C=O) groups excluding carboxylic acids is 1. The van der Waals surface area contributed by atoms with E-state index in [1.165, 1.54) is 54.2 Å². The topological polar surface area (TPSA) is 89.8 Å². The molecule has 1 heterocycles. The van der Waals surface area contributed by atoms with Crippen molar-refractivity contribution < 1.29 is 19.0 Å². The van der Waals surface area contributed by atoms with Crippen LogP contribution in [0.2, 0.25) is 0 Å². The lowest BCUT2D eigenvalue weighted by atomic mass is 10.3. The third kappa shape index (κ3) is 2.48. The van der Waals surface area contributed by atoms with Gasteiger partial charge in [-0.2, -0.15) is 0 Å². The smallest absolute Gasteiger partial charge is 0.310 e. The van der Waals surface area contributed by atoms with Crippen LogP contribution in [0.1, 0.15) is 0 Å². The Morgan fingerprint density at radius 2 is 2.00 bits per heavy atom. The van der Waals surface area contributed by atoms with Gasteiger partial charge in [0.05, 0.1) is 12.0 Å². The molecule has 0 unspecified atom stereocenters. The maximum absolute atomic E-state index is 12.7. The van der Waals surface area contributed by atoms with Crippen LogP contribution in [0.15, 0.2) is 42.2 Å². The zero-order chi connectivity index (χ0) is 14.8. The summed E-state index contributed by atoms with van der Waals surface area (Å²) in [5.41, 5.74) is -0.192. The molecule has 0 radical (unpaired) electrons. The summed E-state index contributed by atoms with van der Waals surface area (Å²) in [5.74, 6) is 2.85. The molecule has 1 aliphatic heterocycles. The highest BCUT2D eigenvalue weighted by atomic mass is 31.2. The second-order valence-corrected chi connectivity index (χ2v) is 6.50. The number of hydrogen-bond donors (Lipinski definition) is 0. The zero-order valence-corrected chi connectivity index (χ0v) is 11.4. The third-order valence-electron chi connectivity index (χ3n) is 2.81. The van der Waals surface area contributed by atoms with E-state index in [-0.39, 0.29) is 11.4 Å². The Morgan fingerprint density at radius 1 is 1.35 bits per heavy atom. The summed E-state index contributed by atoms with van der Waals surface area (Å²) < 4.78 is 17.7. The molecular formula is C12H11N2O5P. The maximum atomic E-state index is 12.7. The number of amides is 1. The standard InChI is InChI=1S/C12H11N2O5P/c1-19-12-8-10(2-3-11(12)14(16)17)20(18)6-4-13(9-15)5-7-20/h2-9H,1H3. The van der Waals surface area contributed by atoms with Crippen molar-refractivity contribution in [2.45, 2.75) is 0 Å². The van der Waals surface area contributed by atoms with Crippen LogP contribution in [-0.2, 0) is 9.36 Å². The van der Waals surface area contributed by atoms with Gasteiger partial charge in [0, 0.05) is 23.8 Å². The summed E-state index contributed by atoms with van der Waals surface area (Å²) in [7, 11) is -1.66. The van der Waals surface area contributed by atoms with Gasteiger partial charge in [0.25, 0.3) is 0 Å². The van der Waals surface area contributed by atoms with Crippen molar-refractivity contribution in [3.8, 4) is 5.75 Å². The molecule has 1 aromatic rings. The summed E-state index contributed by atoms with van der Waals surface area (Å²) in [4.78, 5) is 22.0. The molecule has 20 heavy (non-hydrogen) atoms. The molecule has 0 N–H and O–H groups in total. The number of methoxy groups -OCH3 is 1. The van der Waals surface area contributed by atoms with Crippen LogP contribution < -0.4 is 10.0 Å². The molecule has 2 rings (SSSR count). The molecule has 1 aliphatic rings. The first-order chi connectivity index (χ1) is 9.50. The number of nitro groups is 1. The Kier molecular flexibility index (Phi) is 3.72. The first-order valence-corrected chi connectivity index (χ1v) is 7.38.